The van der Waals surface area contributed by atoms with Crippen LogP contribution in [0.1, 0.15) is 0 Å². The second-order valence-corrected chi connectivity index (χ2v) is 13.9. The first-order valence-corrected chi connectivity index (χ1v) is 16.4. The molecule has 0 bridgehead atoms. The molecule has 1 aliphatic heterocycles. The molecule has 8 aromatic carbocycles. The van der Waals surface area contributed by atoms with Gasteiger partial charge in [0.1, 0.15) is 0 Å². The van der Waals surface area contributed by atoms with Crippen LogP contribution >= 0.6 is 7.14 Å². The zero-order chi connectivity index (χ0) is 29.3. The first-order valence-electron chi connectivity index (χ1n) is 14.7. The molecule has 4 heteroatoms. The van der Waals surface area contributed by atoms with Crippen molar-refractivity contribution in [2.45, 2.75) is 0 Å². The van der Waals surface area contributed by atoms with Crippen molar-refractivity contribution in [3.8, 4) is 34.1 Å². The molecular weight excluding hydrogens is 559 g/mol. The van der Waals surface area contributed by atoms with Gasteiger partial charge in [-0.05, 0) is 73.8 Å². The number of rotatable bonds is 4. The summed E-state index contributed by atoms with van der Waals surface area (Å²) >= 11 is 0. The molecule has 0 aliphatic carbocycles. The predicted octanol–water partition coefficient (Wildman–Crippen LogP) is 9.79. The molecule has 1 aliphatic rings. The molecule has 1 heterocycles. The summed E-state index contributed by atoms with van der Waals surface area (Å²) in [4.78, 5) is 0. The van der Waals surface area contributed by atoms with E-state index in [0.29, 0.717) is 17.2 Å². The molecule has 0 saturated heterocycles. The SMILES string of the molecule is O=P(c1ccccc1)(c1ccccc1)c1ccc2ccc3c(-c4ccc5c(c4)Oc4ccccc4O5)ccc4ccc1c2c43. The third-order valence-electron chi connectivity index (χ3n) is 8.76. The highest BCUT2D eigenvalue weighted by Crippen LogP contribution is 2.49. The van der Waals surface area contributed by atoms with E-state index in [1.165, 1.54) is 5.39 Å². The molecule has 0 unspecified atom stereocenters. The Labute approximate surface area is 254 Å². The van der Waals surface area contributed by atoms with Crippen molar-refractivity contribution in [3.05, 3.63) is 152 Å². The molecule has 0 fully saturated rings. The van der Waals surface area contributed by atoms with E-state index >= 15 is 4.57 Å². The Morgan fingerprint density at radius 1 is 0.432 bits per heavy atom. The van der Waals surface area contributed by atoms with Crippen LogP contribution in [0.5, 0.6) is 23.0 Å². The van der Waals surface area contributed by atoms with Crippen LogP contribution in [0.2, 0.25) is 0 Å². The maximum Gasteiger partial charge on any atom is 0.171 e. The molecule has 0 radical (unpaired) electrons. The minimum absolute atomic E-state index is 0.695. The zero-order valence-corrected chi connectivity index (χ0v) is 24.5. The second kappa shape index (κ2) is 9.57. The molecule has 0 amide bonds. The molecule has 0 atom stereocenters. The van der Waals surface area contributed by atoms with Crippen LogP contribution < -0.4 is 25.4 Å². The third kappa shape index (κ3) is 3.67. The van der Waals surface area contributed by atoms with E-state index in [1.54, 1.807) is 0 Å². The summed E-state index contributed by atoms with van der Waals surface area (Å²) in [5.41, 5.74) is 2.15. The van der Waals surface area contributed by atoms with E-state index in [1.807, 2.05) is 91.0 Å². The maximum atomic E-state index is 15.5. The van der Waals surface area contributed by atoms with Crippen LogP contribution in [-0.4, -0.2) is 0 Å². The minimum atomic E-state index is -3.18. The number of hydrogen-bond donors (Lipinski definition) is 0. The van der Waals surface area contributed by atoms with Crippen LogP contribution in [0.25, 0.3) is 43.4 Å². The fourth-order valence-electron chi connectivity index (χ4n) is 6.71. The van der Waals surface area contributed by atoms with Gasteiger partial charge in [0.2, 0.25) is 0 Å². The van der Waals surface area contributed by atoms with E-state index in [9.17, 15) is 0 Å². The highest BCUT2D eigenvalue weighted by atomic mass is 31.2. The fraction of sp³-hybridized carbons (Fsp3) is 0. The average Bonchev–Trinajstić information content (AvgIpc) is 3.09. The summed E-state index contributed by atoms with van der Waals surface area (Å²) < 4.78 is 27.8. The summed E-state index contributed by atoms with van der Waals surface area (Å²) in [6, 6.07) is 50.9. The van der Waals surface area contributed by atoms with Gasteiger partial charge in [-0.1, -0.05) is 121 Å². The predicted molar refractivity (Wildman–Crippen MR) is 182 cm³/mol. The second-order valence-electron chi connectivity index (χ2n) is 11.2. The summed E-state index contributed by atoms with van der Waals surface area (Å²) in [5.74, 6) is 2.82. The third-order valence-corrected chi connectivity index (χ3v) is 11.9. The summed E-state index contributed by atoms with van der Waals surface area (Å²) in [5, 5.41) is 9.28. The smallest absolute Gasteiger partial charge is 0.171 e. The van der Waals surface area contributed by atoms with E-state index in [2.05, 4.69) is 60.7 Å². The highest BCUT2D eigenvalue weighted by molar-refractivity contribution is 7.85. The number of hydrogen-bond acceptors (Lipinski definition) is 3. The van der Waals surface area contributed by atoms with Crippen molar-refractivity contribution >= 4 is 55.4 Å². The number of fused-ring (bicyclic) bond motifs is 2. The van der Waals surface area contributed by atoms with Crippen LogP contribution in [0.3, 0.4) is 0 Å². The van der Waals surface area contributed by atoms with Gasteiger partial charge in [0.15, 0.2) is 30.1 Å². The Balaban J connectivity index is 1.28. The lowest BCUT2D eigenvalue weighted by molar-refractivity contribution is 0.360. The Morgan fingerprint density at radius 2 is 0.955 bits per heavy atom. The van der Waals surface area contributed by atoms with E-state index in [4.69, 9.17) is 9.47 Å². The quantitative estimate of drug-likeness (QED) is 0.153. The highest BCUT2D eigenvalue weighted by Gasteiger charge is 2.32. The molecule has 0 aromatic heterocycles. The molecule has 3 nitrogen and oxygen atoms in total. The molecule has 44 heavy (non-hydrogen) atoms. The summed E-state index contributed by atoms with van der Waals surface area (Å²) in [6.07, 6.45) is 0. The number of para-hydroxylation sites is 2. The Bertz CT molecular complexity index is 2370. The summed E-state index contributed by atoms with van der Waals surface area (Å²) in [7, 11) is -3.18. The maximum absolute atomic E-state index is 15.5. The molecule has 0 spiro atoms. The fourth-order valence-corrected chi connectivity index (χ4v) is 9.56. The van der Waals surface area contributed by atoms with Gasteiger partial charge in [-0.2, -0.15) is 0 Å². The number of benzene rings is 8. The standard InChI is InChI=1S/C40H25O3P/c41-44(29-9-3-1-4-10-29,30-11-5-2-6-12-30)38-24-19-27-16-21-32-31(20-15-26-17-22-33(38)40(27)39(26)32)28-18-23-36-37(25-28)43-35-14-8-7-13-34(35)42-36/h1-25H. The Morgan fingerprint density at radius 3 is 1.64 bits per heavy atom. The van der Waals surface area contributed by atoms with Gasteiger partial charge in [0.25, 0.3) is 0 Å². The van der Waals surface area contributed by atoms with Crippen molar-refractivity contribution in [1.82, 2.24) is 0 Å². The molecule has 208 valence electrons. The van der Waals surface area contributed by atoms with E-state index in [0.717, 1.165) is 59.7 Å². The molecular formula is C40H25O3P. The van der Waals surface area contributed by atoms with Crippen molar-refractivity contribution in [2.24, 2.45) is 0 Å². The summed E-state index contributed by atoms with van der Waals surface area (Å²) in [6.45, 7) is 0. The minimum Gasteiger partial charge on any atom is -0.450 e. The van der Waals surface area contributed by atoms with Crippen LogP contribution in [-0.2, 0) is 4.57 Å². The molecule has 0 saturated carbocycles. The van der Waals surface area contributed by atoms with Gasteiger partial charge >= 0.3 is 0 Å². The first kappa shape index (κ1) is 25.2. The lowest BCUT2D eigenvalue weighted by atomic mass is 9.90. The van der Waals surface area contributed by atoms with Crippen LogP contribution in [0, 0.1) is 0 Å². The lowest BCUT2D eigenvalue weighted by Gasteiger charge is -2.23. The van der Waals surface area contributed by atoms with Gasteiger partial charge in [-0.15, -0.1) is 0 Å². The Hall–Kier alpha value is -5.37. The van der Waals surface area contributed by atoms with Gasteiger partial charge in [0.05, 0.1) is 0 Å². The molecule has 9 rings (SSSR count). The van der Waals surface area contributed by atoms with Crippen molar-refractivity contribution in [2.75, 3.05) is 0 Å². The van der Waals surface area contributed by atoms with Crippen molar-refractivity contribution in [3.63, 3.8) is 0 Å². The lowest BCUT2D eigenvalue weighted by Crippen LogP contribution is -2.25. The first-order chi connectivity index (χ1) is 21.7. The van der Waals surface area contributed by atoms with Crippen molar-refractivity contribution in [1.29, 1.82) is 0 Å². The zero-order valence-electron chi connectivity index (χ0n) is 23.6. The number of ether oxygens (including phenoxy) is 2. The van der Waals surface area contributed by atoms with E-state index < -0.39 is 7.14 Å². The largest absolute Gasteiger partial charge is 0.450 e. The van der Waals surface area contributed by atoms with Gasteiger partial charge in [-0.25, -0.2) is 0 Å². The molecule has 0 N–H and O–H groups in total. The van der Waals surface area contributed by atoms with Crippen molar-refractivity contribution < 1.29 is 14.0 Å². The van der Waals surface area contributed by atoms with Crippen LogP contribution in [0.15, 0.2) is 152 Å². The van der Waals surface area contributed by atoms with Crippen LogP contribution in [0.4, 0.5) is 0 Å². The Kier molecular flexibility index (Phi) is 5.47. The monoisotopic (exact) mass is 584 g/mol. The topological polar surface area (TPSA) is 35.5 Å². The normalized spacial score (nSPS) is 12.5. The van der Waals surface area contributed by atoms with Gasteiger partial charge in [0, 0.05) is 15.9 Å². The van der Waals surface area contributed by atoms with Gasteiger partial charge < -0.3 is 14.0 Å². The average molecular weight is 585 g/mol. The van der Waals surface area contributed by atoms with E-state index in [-0.39, 0.29) is 0 Å². The van der Waals surface area contributed by atoms with Gasteiger partial charge in [-0.3, -0.25) is 0 Å². The molecule has 8 aromatic rings.